The Hall–Kier alpha value is -2.15. The molecule has 1 saturated heterocycles. The number of aliphatic carboxylic acids is 1. The summed E-state index contributed by atoms with van der Waals surface area (Å²) >= 11 is 0. The zero-order valence-electron chi connectivity index (χ0n) is 12.1. The largest absolute Gasteiger partial charge is 0.480 e. The van der Waals surface area contributed by atoms with Crippen molar-refractivity contribution in [1.29, 1.82) is 0 Å². The number of aryl methyl sites for hydroxylation is 1. The SMILES string of the molecule is Cc1ccncc1NC(=O)N1CCCN(CC(=O)O)CC1. The van der Waals surface area contributed by atoms with Gasteiger partial charge in [0.1, 0.15) is 0 Å². The van der Waals surface area contributed by atoms with E-state index in [1.54, 1.807) is 17.3 Å². The minimum absolute atomic E-state index is 0.0250. The first-order chi connectivity index (χ1) is 10.1. The Morgan fingerprint density at radius 3 is 2.86 bits per heavy atom. The number of nitrogens with one attached hydrogen (secondary N) is 1. The molecule has 2 N–H and O–H groups in total. The van der Waals surface area contributed by atoms with Gasteiger partial charge in [0, 0.05) is 32.4 Å². The van der Waals surface area contributed by atoms with E-state index in [0.717, 1.165) is 12.0 Å². The van der Waals surface area contributed by atoms with E-state index in [1.165, 1.54) is 0 Å². The lowest BCUT2D eigenvalue weighted by atomic mass is 10.2. The van der Waals surface area contributed by atoms with Gasteiger partial charge in [0.2, 0.25) is 0 Å². The van der Waals surface area contributed by atoms with Crippen LogP contribution in [0.1, 0.15) is 12.0 Å². The van der Waals surface area contributed by atoms with Crippen molar-refractivity contribution in [2.45, 2.75) is 13.3 Å². The Kier molecular flexibility index (Phi) is 5.10. The van der Waals surface area contributed by atoms with Crippen molar-refractivity contribution in [2.24, 2.45) is 0 Å². The molecule has 0 aromatic carbocycles. The number of rotatable bonds is 3. The van der Waals surface area contributed by atoms with Gasteiger partial charge in [-0.25, -0.2) is 4.79 Å². The van der Waals surface area contributed by atoms with Crippen LogP contribution in [0.3, 0.4) is 0 Å². The third-order valence-corrected chi connectivity index (χ3v) is 3.52. The molecule has 0 radical (unpaired) electrons. The molecule has 114 valence electrons. The molecule has 0 saturated carbocycles. The highest BCUT2D eigenvalue weighted by molar-refractivity contribution is 5.89. The number of hydrogen-bond donors (Lipinski definition) is 2. The average molecular weight is 292 g/mol. The number of anilines is 1. The predicted octanol–water partition coefficient (Wildman–Crippen LogP) is 1.01. The Labute approximate surface area is 123 Å². The van der Waals surface area contributed by atoms with Crippen LogP contribution in [0.15, 0.2) is 18.5 Å². The maximum atomic E-state index is 12.3. The maximum Gasteiger partial charge on any atom is 0.321 e. The first-order valence-corrected chi connectivity index (χ1v) is 6.97. The highest BCUT2D eigenvalue weighted by Gasteiger charge is 2.20. The van der Waals surface area contributed by atoms with Crippen molar-refractivity contribution in [2.75, 3.05) is 38.0 Å². The van der Waals surface area contributed by atoms with Crippen molar-refractivity contribution in [1.82, 2.24) is 14.8 Å². The molecule has 1 fully saturated rings. The fourth-order valence-electron chi connectivity index (χ4n) is 2.31. The number of hydrogen-bond acceptors (Lipinski definition) is 4. The zero-order valence-corrected chi connectivity index (χ0v) is 12.1. The van der Waals surface area contributed by atoms with E-state index in [-0.39, 0.29) is 12.6 Å². The predicted molar refractivity (Wildman–Crippen MR) is 78.3 cm³/mol. The Balaban J connectivity index is 1.91. The van der Waals surface area contributed by atoms with Gasteiger partial charge < -0.3 is 15.3 Å². The van der Waals surface area contributed by atoms with Crippen LogP contribution in [0.4, 0.5) is 10.5 Å². The molecule has 1 aliphatic rings. The smallest absolute Gasteiger partial charge is 0.321 e. The summed E-state index contributed by atoms with van der Waals surface area (Å²) in [5.74, 6) is -0.834. The second kappa shape index (κ2) is 7.03. The molecule has 0 unspecified atom stereocenters. The Morgan fingerprint density at radius 1 is 1.33 bits per heavy atom. The third-order valence-electron chi connectivity index (χ3n) is 3.52. The number of carboxylic acids is 1. The van der Waals surface area contributed by atoms with Gasteiger partial charge in [0.15, 0.2) is 0 Å². The second-order valence-electron chi connectivity index (χ2n) is 5.13. The van der Waals surface area contributed by atoms with Crippen molar-refractivity contribution < 1.29 is 14.7 Å². The van der Waals surface area contributed by atoms with Gasteiger partial charge in [-0.05, 0) is 25.0 Å². The van der Waals surface area contributed by atoms with Crippen LogP contribution >= 0.6 is 0 Å². The average Bonchev–Trinajstić information content (AvgIpc) is 2.66. The molecule has 0 bridgehead atoms. The zero-order chi connectivity index (χ0) is 15.2. The molecular formula is C14H20N4O3. The summed E-state index contributed by atoms with van der Waals surface area (Å²) in [6.07, 6.45) is 4.08. The molecule has 7 nitrogen and oxygen atoms in total. The normalized spacial score (nSPS) is 16.3. The molecule has 0 aliphatic carbocycles. The molecule has 2 amide bonds. The molecule has 2 rings (SSSR count). The summed E-state index contributed by atoms with van der Waals surface area (Å²) in [6.45, 7) is 4.36. The van der Waals surface area contributed by atoms with Crippen molar-refractivity contribution in [3.8, 4) is 0 Å². The van der Waals surface area contributed by atoms with Crippen molar-refractivity contribution >= 4 is 17.7 Å². The summed E-state index contributed by atoms with van der Waals surface area (Å²) in [5.41, 5.74) is 1.66. The van der Waals surface area contributed by atoms with Crippen LogP contribution in [0.5, 0.6) is 0 Å². The highest BCUT2D eigenvalue weighted by Crippen LogP contribution is 2.13. The minimum Gasteiger partial charge on any atom is -0.480 e. The molecule has 7 heteroatoms. The summed E-state index contributed by atoms with van der Waals surface area (Å²) in [7, 11) is 0. The third kappa shape index (κ3) is 4.42. The molecule has 1 aromatic rings. The molecule has 21 heavy (non-hydrogen) atoms. The van der Waals surface area contributed by atoms with Gasteiger partial charge >= 0.3 is 12.0 Å². The van der Waals surface area contributed by atoms with E-state index in [2.05, 4.69) is 10.3 Å². The Morgan fingerprint density at radius 2 is 2.14 bits per heavy atom. The standard InChI is InChI=1S/C14H20N4O3/c1-11-3-4-15-9-12(11)16-14(21)18-6-2-5-17(7-8-18)10-13(19)20/h3-4,9H,2,5-8,10H2,1H3,(H,16,21)(H,19,20). The molecule has 1 aliphatic heterocycles. The molecule has 0 atom stereocenters. The van der Waals surface area contributed by atoms with E-state index in [4.69, 9.17) is 5.11 Å². The van der Waals surface area contributed by atoms with Crippen LogP contribution in [0.25, 0.3) is 0 Å². The van der Waals surface area contributed by atoms with Crippen LogP contribution < -0.4 is 5.32 Å². The fraction of sp³-hybridized carbons (Fsp3) is 0.500. The van der Waals surface area contributed by atoms with Crippen molar-refractivity contribution in [3.05, 3.63) is 24.0 Å². The number of urea groups is 1. The highest BCUT2D eigenvalue weighted by atomic mass is 16.4. The second-order valence-corrected chi connectivity index (χ2v) is 5.13. The van der Waals surface area contributed by atoms with Crippen LogP contribution in [0, 0.1) is 6.92 Å². The van der Waals surface area contributed by atoms with Gasteiger partial charge in [-0.1, -0.05) is 0 Å². The van der Waals surface area contributed by atoms with Crippen LogP contribution in [0.2, 0.25) is 0 Å². The summed E-state index contributed by atoms with van der Waals surface area (Å²) in [4.78, 5) is 30.6. The summed E-state index contributed by atoms with van der Waals surface area (Å²) in [6, 6.07) is 1.68. The van der Waals surface area contributed by atoms with E-state index in [1.807, 2.05) is 17.9 Å². The van der Waals surface area contributed by atoms with Gasteiger partial charge in [0.25, 0.3) is 0 Å². The molecular weight excluding hydrogens is 272 g/mol. The topological polar surface area (TPSA) is 85.8 Å². The lowest BCUT2D eigenvalue weighted by Crippen LogP contribution is -2.39. The first kappa shape index (κ1) is 15.2. The molecule has 1 aromatic heterocycles. The van der Waals surface area contributed by atoms with Gasteiger partial charge in [-0.15, -0.1) is 0 Å². The van der Waals surface area contributed by atoms with E-state index in [9.17, 15) is 9.59 Å². The maximum absolute atomic E-state index is 12.3. The minimum atomic E-state index is -0.834. The number of nitrogens with zero attached hydrogens (tertiary/aromatic N) is 3. The summed E-state index contributed by atoms with van der Waals surface area (Å²) < 4.78 is 0. The Bertz CT molecular complexity index is 521. The monoisotopic (exact) mass is 292 g/mol. The number of carboxylic acid groups (broad SMARTS) is 1. The van der Waals surface area contributed by atoms with Crippen LogP contribution in [-0.4, -0.2) is 64.6 Å². The van der Waals surface area contributed by atoms with E-state index >= 15 is 0 Å². The van der Waals surface area contributed by atoms with Crippen LogP contribution in [-0.2, 0) is 4.79 Å². The van der Waals surface area contributed by atoms with Crippen molar-refractivity contribution in [3.63, 3.8) is 0 Å². The number of aromatic nitrogens is 1. The number of amides is 2. The number of pyridine rings is 1. The van der Waals surface area contributed by atoms with E-state index < -0.39 is 5.97 Å². The van der Waals surface area contributed by atoms with Gasteiger partial charge in [-0.2, -0.15) is 0 Å². The number of carbonyl (C=O) groups excluding carboxylic acids is 1. The van der Waals surface area contributed by atoms with E-state index in [0.29, 0.717) is 31.9 Å². The fourth-order valence-corrected chi connectivity index (χ4v) is 2.31. The lowest BCUT2D eigenvalue weighted by Gasteiger charge is -2.22. The van der Waals surface area contributed by atoms with Gasteiger partial charge in [0.05, 0.1) is 18.4 Å². The quantitative estimate of drug-likeness (QED) is 0.868. The molecule has 2 heterocycles. The lowest BCUT2D eigenvalue weighted by molar-refractivity contribution is -0.138. The van der Waals surface area contributed by atoms with Gasteiger partial charge in [-0.3, -0.25) is 14.7 Å². The first-order valence-electron chi connectivity index (χ1n) is 6.97. The molecule has 0 spiro atoms. The summed E-state index contributed by atoms with van der Waals surface area (Å²) in [5, 5.41) is 11.7. The number of carbonyl (C=O) groups is 2.